The summed E-state index contributed by atoms with van der Waals surface area (Å²) in [6.07, 6.45) is 0. The van der Waals surface area contributed by atoms with Crippen molar-refractivity contribution < 1.29 is 19.1 Å². The molecule has 0 aromatic heterocycles. The van der Waals surface area contributed by atoms with Crippen LogP contribution in [0.25, 0.3) is 0 Å². The third-order valence-corrected chi connectivity index (χ3v) is 6.64. The number of hydrogen-bond donors (Lipinski definition) is 2. The fourth-order valence-corrected chi connectivity index (χ4v) is 4.33. The number of amides is 2. The Hall–Kier alpha value is -4.64. The van der Waals surface area contributed by atoms with E-state index in [1.165, 1.54) is 9.80 Å². The number of nitrogens with zero attached hydrogens (tertiary/aromatic N) is 4. The van der Waals surface area contributed by atoms with Crippen molar-refractivity contribution in [2.75, 3.05) is 63.2 Å². The molecule has 0 radical (unpaired) electrons. The van der Waals surface area contributed by atoms with E-state index in [4.69, 9.17) is 9.47 Å². The Morgan fingerprint density at radius 3 is 1.27 bits per heavy atom. The molecule has 2 aromatic rings. The largest absolute Gasteiger partial charge is 0.378 e. The minimum atomic E-state index is -0.514. The van der Waals surface area contributed by atoms with Crippen LogP contribution >= 0.6 is 0 Å². The molecule has 2 saturated heterocycles. The molecule has 10 nitrogen and oxygen atoms in total. The number of carbonyl (C=O) groups is 2. The summed E-state index contributed by atoms with van der Waals surface area (Å²) in [5.74, 6) is -1.03. The molecule has 10 heteroatoms. The van der Waals surface area contributed by atoms with E-state index in [9.17, 15) is 20.1 Å². The maximum Gasteiger partial charge on any atom is 0.266 e. The Kier molecular flexibility index (Phi) is 9.53. The topological polar surface area (TPSA) is 131 Å². The van der Waals surface area contributed by atoms with E-state index in [-0.39, 0.29) is 22.5 Å². The number of carbonyl (C=O) groups excluding carboxylic acids is 2. The first-order valence-corrected chi connectivity index (χ1v) is 13.1. The van der Waals surface area contributed by atoms with Crippen molar-refractivity contribution >= 4 is 23.2 Å². The average Bonchev–Trinajstić information content (AvgIpc) is 2.99. The van der Waals surface area contributed by atoms with Gasteiger partial charge in [0.15, 0.2) is 0 Å². The normalized spacial score (nSPS) is 16.6. The number of benzene rings is 2. The molecule has 40 heavy (non-hydrogen) atoms. The van der Waals surface area contributed by atoms with Gasteiger partial charge in [-0.1, -0.05) is 35.4 Å². The summed E-state index contributed by atoms with van der Waals surface area (Å²) in [6, 6.07) is 18.9. The van der Waals surface area contributed by atoms with Gasteiger partial charge < -0.3 is 29.9 Å². The standard InChI is InChI=1S/C30H32N6O4/c1-21-3-7-23(8-4-21)33-27(25(19-31)29(37)35-11-15-39-16-12-35)28(34-24-9-5-22(2)6-10-24)26(20-32)30(38)36-13-17-40-18-14-36/h3-10,33-34H,11-18H2,1-2H3/b27-25+,28-26+. The van der Waals surface area contributed by atoms with Crippen molar-refractivity contribution in [1.82, 2.24) is 9.80 Å². The highest BCUT2D eigenvalue weighted by Crippen LogP contribution is 2.27. The molecule has 2 fully saturated rings. The lowest BCUT2D eigenvalue weighted by Crippen LogP contribution is -2.42. The molecule has 4 rings (SSSR count). The van der Waals surface area contributed by atoms with Crippen molar-refractivity contribution in [1.29, 1.82) is 10.5 Å². The van der Waals surface area contributed by atoms with Crippen LogP contribution in [-0.4, -0.2) is 74.2 Å². The molecule has 0 aliphatic carbocycles. The molecule has 0 atom stereocenters. The van der Waals surface area contributed by atoms with Gasteiger partial charge >= 0.3 is 0 Å². The van der Waals surface area contributed by atoms with E-state index in [1.54, 1.807) is 0 Å². The van der Waals surface area contributed by atoms with Crippen LogP contribution < -0.4 is 10.6 Å². The highest BCUT2D eigenvalue weighted by molar-refractivity contribution is 6.03. The molecule has 2 aliphatic heterocycles. The monoisotopic (exact) mass is 540 g/mol. The molecular formula is C30H32N6O4. The molecule has 2 amide bonds. The maximum absolute atomic E-state index is 13.7. The van der Waals surface area contributed by atoms with Gasteiger partial charge in [-0.15, -0.1) is 0 Å². The van der Waals surface area contributed by atoms with Crippen LogP contribution in [0.4, 0.5) is 11.4 Å². The molecule has 2 aromatic carbocycles. The quantitative estimate of drug-likeness (QED) is 0.311. The summed E-state index contributed by atoms with van der Waals surface area (Å²) >= 11 is 0. The Morgan fingerprint density at radius 2 is 0.975 bits per heavy atom. The number of hydrogen-bond acceptors (Lipinski definition) is 8. The van der Waals surface area contributed by atoms with Crippen molar-refractivity contribution in [3.63, 3.8) is 0 Å². The third-order valence-electron chi connectivity index (χ3n) is 6.64. The van der Waals surface area contributed by atoms with Crippen molar-refractivity contribution in [2.45, 2.75) is 13.8 Å². The summed E-state index contributed by atoms with van der Waals surface area (Å²) in [6.45, 7) is 6.61. The summed E-state index contributed by atoms with van der Waals surface area (Å²) in [5.41, 5.74) is 2.86. The molecule has 0 saturated carbocycles. The summed E-state index contributed by atoms with van der Waals surface area (Å²) in [5, 5.41) is 27.1. The number of ether oxygens (including phenoxy) is 2. The van der Waals surface area contributed by atoms with Crippen LogP contribution in [0.5, 0.6) is 0 Å². The number of nitrogens with one attached hydrogen (secondary N) is 2. The van der Waals surface area contributed by atoms with Crippen LogP contribution in [0, 0.1) is 36.5 Å². The predicted molar refractivity (Wildman–Crippen MR) is 150 cm³/mol. The number of nitriles is 2. The van der Waals surface area contributed by atoms with Crippen molar-refractivity contribution in [2.24, 2.45) is 0 Å². The van der Waals surface area contributed by atoms with E-state index < -0.39 is 11.8 Å². The van der Waals surface area contributed by atoms with Crippen LogP contribution in [0.1, 0.15) is 11.1 Å². The highest BCUT2D eigenvalue weighted by atomic mass is 16.5. The van der Waals surface area contributed by atoms with Gasteiger partial charge in [-0.3, -0.25) is 9.59 Å². The third kappa shape index (κ3) is 6.86. The first-order valence-electron chi connectivity index (χ1n) is 13.1. The number of rotatable bonds is 7. The van der Waals surface area contributed by atoms with Gasteiger partial charge in [-0.25, -0.2) is 0 Å². The average molecular weight is 541 g/mol. The minimum absolute atomic E-state index is 0.0431. The van der Waals surface area contributed by atoms with Crippen molar-refractivity contribution in [3.8, 4) is 12.1 Å². The second-order valence-corrected chi connectivity index (χ2v) is 9.51. The molecule has 0 bridgehead atoms. The summed E-state index contributed by atoms with van der Waals surface area (Å²) in [4.78, 5) is 30.5. The van der Waals surface area contributed by atoms with E-state index in [1.807, 2.05) is 62.4 Å². The Balaban J connectivity index is 1.92. The smallest absolute Gasteiger partial charge is 0.266 e. The summed E-state index contributed by atoms with van der Waals surface area (Å²) in [7, 11) is 0. The van der Waals surface area contributed by atoms with Gasteiger partial charge in [0.2, 0.25) is 0 Å². The lowest BCUT2D eigenvalue weighted by molar-refractivity contribution is -0.131. The zero-order valence-corrected chi connectivity index (χ0v) is 22.7. The number of aryl methyl sites for hydroxylation is 2. The van der Waals surface area contributed by atoms with Crippen molar-refractivity contribution in [3.05, 3.63) is 82.2 Å². The molecule has 2 heterocycles. The van der Waals surface area contributed by atoms with E-state index in [2.05, 4.69) is 22.8 Å². The molecule has 0 spiro atoms. The van der Waals surface area contributed by atoms with Gasteiger partial charge in [0.05, 0.1) is 37.8 Å². The highest BCUT2D eigenvalue weighted by Gasteiger charge is 2.31. The van der Waals surface area contributed by atoms with Crippen LogP contribution in [0.3, 0.4) is 0 Å². The first-order chi connectivity index (χ1) is 19.4. The fourth-order valence-electron chi connectivity index (χ4n) is 4.33. The van der Waals surface area contributed by atoms with Crippen LogP contribution in [-0.2, 0) is 19.1 Å². The number of anilines is 2. The second-order valence-electron chi connectivity index (χ2n) is 9.51. The molecule has 0 unspecified atom stereocenters. The maximum atomic E-state index is 13.7. The zero-order chi connectivity index (χ0) is 28.5. The summed E-state index contributed by atoms with van der Waals surface area (Å²) < 4.78 is 10.8. The van der Waals surface area contributed by atoms with Gasteiger partial charge in [-0.05, 0) is 38.1 Å². The van der Waals surface area contributed by atoms with Gasteiger partial charge in [0.1, 0.15) is 23.3 Å². The Morgan fingerprint density at radius 1 is 0.650 bits per heavy atom. The Bertz CT molecular complexity index is 1260. The fraction of sp³-hybridized carbons (Fsp3) is 0.333. The number of morpholine rings is 2. The second kappa shape index (κ2) is 13.4. The van der Waals surface area contributed by atoms with Gasteiger partial charge in [0.25, 0.3) is 11.8 Å². The van der Waals surface area contributed by atoms with Crippen LogP contribution in [0.2, 0.25) is 0 Å². The first kappa shape index (κ1) is 28.4. The lowest BCUT2D eigenvalue weighted by Gasteiger charge is -2.29. The SMILES string of the molecule is Cc1ccc(NC(=C(\C#N)C(=O)N2CCOCC2)/C(Nc2ccc(C)cc2)=C(/C#N)C(=O)N2CCOCC2)cc1. The zero-order valence-electron chi connectivity index (χ0n) is 22.7. The van der Waals surface area contributed by atoms with Crippen LogP contribution in [0.15, 0.2) is 71.1 Å². The lowest BCUT2D eigenvalue weighted by atomic mass is 10.0. The molecule has 2 aliphatic rings. The molecule has 2 N–H and O–H groups in total. The molecular weight excluding hydrogens is 508 g/mol. The van der Waals surface area contributed by atoms with E-state index >= 15 is 0 Å². The van der Waals surface area contributed by atoms with Gasteiger partial charge in [0, 0.05) is 37.6 Å². The predicted octanol–water partition coefficient (Wildman–Crippen LogP) is 3.10. The molecule has 206 valence electrons. The Labute approximate surface area is 234 Å². The van der Waals surface area contributed by atoms with Gasteiger partial charge in [-0.2, -0.15) is 10.5 Å². The van der Waals surface area contributed by atoms with E-state index in [0.29, 0.717) is 64.0 Å². The minimum Gasteiger partial charge on any atom is -0.378 e. The van der Waals surface area contributed by atoms with E-state index in [0.717, 1.165) is 11.1 Å².